The minimum absolute atomic E-state index is 0.0786. The highest BCUT2D eigenvalue weighted by Crippen LogP contribution is 2.50. The van der Waals surface area contributed by atoms with Gasteiger partial charge in [-0.3, -0.25) is 9.59 Å². The Morgan fingerprint density at radius 1 is 0.962 bits per heavy atom. The van der Waals surface area contributed by atoms with Crippen molar-refractivity contribution in [2.75, 3.05) is 5.32 Å². The van der Waals surface area contributed by atoms with Crippen molar-refractivity contribution in [1.82, 2.24) is 0 Å². The highest BCUT2D eigenvalue weighted by molar-refractivity contribution is 7.21. The van der Waals surface area contributed by atoms with Gasteiger partial charge in [-0.1, -0.05) is 60.1 Å². The lowest BCUT2D eigenvalue weighted by molar-refractivity contribution is -0.125. The fraction of sp³-hybridized carbons (Fsp3) is 0.0526. The van der Waals surface area contributed by atoms with Crippen LogP contribution < -0.4 is 5.32 Å². The number of hydrogen-bond donors (Lipinski definition) is 1. The predicted molar refractivity (Wildman–Crippen MR) is 96.9 cm³/mol. The van der Waals surface area contributed by atoms with E-state index in [0.29, 0.717) is 0 Å². The molecule has 0 spiro atoms. The van der Waals surface area contributed by atoms with Gasteiger partial charge in [-0.25, -0.2) is 8.78 Å². The van der Waals surface area contributed by atoms with Crippen molar-refractivity contribution in [1.29, 1.82) is 0 Å². The fourth-order valence-electron chi connectivity index (χ4n) is 3.01. The number of ketones is 1. The van der Waals surface area contributed by atoms with E-state index < -0.39 is 23.2 Å². The zero-order valence-corrected chi connectivity index (χ0v) is 14.6. The molecular formula is C19H10ClF2NO2S. The number of carbonyl (C=O) groups excluding carboxylic acids is 2. The third-order valence-electron chi connectivity index (χ3n) is 4.26. The SMILES string of the molecule is O=C1Nc2sc(Cl)c(-c3ccccc3F)c2C(=O)C1(F)c1ccccc1. The Kier molecular flexibility index (Phi) is 3.89. The third-order valence-corrected chi connectivity index (χ3v) is 5.57. The number of nitrogens with one attached hydrogen (secondary N) is 1. The number of benzene rings is 2. The molecule has 0 bridgehead atoms. The number of thiophene rings is 1. The normalized spacial score (nSPS) is 19.2. The topological polar surface area (TPSA) is 46.2 Å². The number of amides is 1. The second-order valence-corrected chi connectivity index (χ2v) is 7.37. The van der Waals surface area contributed by atoms with E-state index in [1.54, 1.807) is 12.1 Å². The second-order valence-electron chi connectivity index (χ2n) is 5.74. The molecule has 2 aromatic carbocycles. The molecule has 1 amide bonds. The van der Waals surface area contributed by atoms with Crippen molar-refractivity contribution in [2.45, 2.75) is 5.67 Å². The average molecular weight is 390 g/mol. The van der Waals surface area contributed by atoms with Crippen molar-refractivity contribution in [3.8, 4) is 11.1 Å². The van der Waals surface area contributed by atoms with Crippen molar-refractivity contribution in [3.63, 3.8) is 0 Å². The van der Waals surface area contributed by atoms with Crippen LogP contribution in [0.2, 0.25) is 4.34 Å². The number of anilines is 1. The standard InChI is InChI=1S/C19H10ClF2NO2S/c20-16-13(11-8-4-5-9-12(11)21)14-15(24)19(22,10-6-2-1-3-7-10)18(25)23-17(14)26-16/h1-9H,(H,23,25). The molecule has 1 unspecified atom stereocenters. The maximum Gasteiger partial charge on any atom is 0.275 e. The van der Waals surface area contributed by atoms with Gasteiger partial charge >= 0.3 is 0 Å². The first-order valence-corrected chi connectivity index (χ1v) is 8.82. The summed E-state index contributed by atoms with van der Waals surface area (Å²) in [5.74, 6) is -2.73. The Balaban J connectivity index is 1.97. The van der Waals surface area contributed by atoms with Crippen LogP contribution in [0, 0.1) is 5.82 Å². The monoisotopic (exact) mass is 389 g/mol. The fourth-order valence-corrected chi connectivity index (χ4v) is 4.37. The molecule has 0 saturated heterocycles. The molecule has 2 heterocycles. The number of hydrogen-bond acceptors (Lipinski definition) is 3. The van der Waals surface area contributed by atoms with Gasteiger partial charge in [-0.2, -0.15) is 0 Å². The van der Waals surface area contributed by atoms with Gasteiger partial charge in [-0.05, 0) is 6.07 Å². The highest BCUT2D eigenvalue weighted by atomic mass is 35.5. The zero-order chi connectivity index (χ0) is 18.5. The van der Waals surface area contributed by atoms with Crippen LogP contribution in [0.25, 0.3) is 11.1 Å². The molecule has 7 heteroatoms. The minimum atomic E-state index is -2.90. The molecule has 1 atom stereocenters. The number of alkyl halides is 1. The average Bonchev–Trinajstić information content (AvgIpc) is 2.96. The molecular weight excluding hydrogens is 380 g/mol. The van der Waals surface area contributed by atoms with Gasteiger partial charge in [0.25, 0.3) is 11.6 Å². The number of rotatable bonds is 2. The molecule has 0 radical (unpaired) electrons. The van der Waals surface area contributed by atoms with Gasteiger partial charge in [-0.15, -0.1) is 11.3 Å². The summed E-state index contributed by atoms with van der Waals surface area (Å²) in [4.78, 5) is 25.5. The van der Waals surface area contributed by atoms with E-state index in [4.69, 9.17) is 11.6 Å². The van der Waals surface area contributed by atoms with Crippen LogP contribution in [0.5, 0.6) is 0 Å². The van der Waals surface area contributed by atoms with Crippen LogP contribution in [-0.4, -0.2) is 11.7 Å². The molecule has 3 aromatic rings. The van der Waals surface area contributed by atoms with E-state index in [1.165, 1.54) is 42.5 Å². The smallest absolute Gasteiger partial charge is 0.275 e. The van der Waals surface area contributed by atoms with Crippen molar-refractivity contribution >= 4 is 39.6 Å². The molecule has 0 aliphatic carbocycles. The van der Waals surface area contributed by atoms with Crippen molar-refractivity contribution < 1.29 is 18.4 Å². The van der Waals surface area contributed by atoms with E-state index in [1.807, 2.05) is 0 Å². The van der Waals surface area contributed by atoms with Crippen LogP contribution in [0.15, 0.2) is 54.6 Å². The van der Waals surface area contributed by atoms with E-state index in [-0.39, 0.29) is 31.6 Å². The lowest BCUT2D eigenvalue weighted by Crippen LogP contribution is -2.47. The highest BCUT2D eigenvalue weighted by Gasteiger charge is 2.54. The molecule has 26 heavy (non-hydrogen) atoms. The molecule has 0 saturated carbocycles. The van der Waals surface area contributed by atoms with Gasteiger partial charge in [0.15, 0.2) is 0 Å². The first-order valence-electron chi connectivity index (χ1n) is 7.62. The van der Waals surface area contributed by atoms with Crippen LogP contribution in [0.3, 0.4) is 0 Å². The van der Waals surface area contributed by atoms with Gasteiger partial charge < -0.3 is 5.32 Å². The van der Waals surface area contributed by atoms with Gasteiger partial charge in [0.05, 0.1) is 5.56 Å². The Bertz CT molecular complexity index is 1050. The van der Waals surface area contributed by atoms with Gasteiger partial charge in [0, 0.05) is 16.7 Å². The van der Waals surface area contributed by atoms with Crippen LogP contribution in [0.4, 0.5) is 13.8 Å². The first-order chi connectivity index (χ1) is 12.4. The molecule has 130 valence electrons. The summed E-state index contributed by atoms with van der Waals surface area (Å²) in [5, 5.41) is 2.52. The van der Waals surface area contributed by atoms with E-state index in [2.05, 4.69) is 5.32 Å². The largest absolute Gasteiger partial charge is 0.313 e. The van der Waals surface area contributed by atoms with Crippen molar-refractivity contribution in [2.24, 2.45) is 0 Å². The summed E-state index contributed by atoms with van der Waals surface area (Å²) in [5.41, 5.74) is -2.94. The Hall–Kier alpha value is -2.57. The Morgan fingerprint density at radius 2 is 1.62 bits per heavy atom. The lowest BCUT2D eigenvalue weighted by Gasteiger charge is -2.28. The van der Waals surface area contributed by atoms with Crippen LogP contribution >= 0.6 is 22.9 Å². The Labute approximate surface area is 156 Å². The van der Waals surface area contributed by atoms with E-state index >= 15 is 4.39 Å². The number of fused-ring (bicyclic) bond motifs is 1. The van der Waals surface area contributed by atoms with Crippen molar-refractivity contribution in [3.05, 3.63) is 75.9 Å². The molecule has 1 N–H and O–H groups in total. The number of Topliss-reactive ketones (excluding diaryl/α,β-unsaturated/α-hetero) is 1. The van der Waals surface area contributed by atoms with E-state index in [0.717, 1.165) is 11.3 Å². The van der Waals surface area contributed by atoms with E-state index in [9.17, 15) is 14.0 Å². The summed E-state index contributed by atoms with van der Waals surface area (Å²) in [6.45, 7) is 0. The second kappa shape index (κ2) is 6.00. The molecule has 4 rings (SSSR count). The summed E-state index contributed by atoms with van der Waals surface area (Å²) >= 11 is 7.12. The number of halogens is 3. The molecule has 1 aliphatic heterocycles. The zero-order valence-electron chi connectivity index (χ0n) is 13.1. The first kappa shape index (κ1) is 16.9. The summed E-state index contributed by atoms with van der Waals surface area (Å²) < 4.78 is 30.1. The lowest BCUT2D eigenvalue weighted by atomic mass is 9.83. The maximum absolute atomic E-state index is 15.7. The summed E-state index contributed by atoms with van der Waals surface area (Å²) in [6.07, 6.45) is 0. The predicted octanol–water partition coefficient (Wildman–Crippen LogP) is 5.21. The maximum atomic E-state index is 15.7. The quantitative estimate of drug-likeness (QED) is 0.612. The van der Waals surface area contributed by atoms with Gasteiger partial charge in [0.1, 0.15) is 15.2 Å². The number of carbonyl (C=O) groups is 2. The summed E-state index contributed by atoms with van der Waals surface area (Å²) in [6, 6.07) is 13.2. The minimum Gasteiger partial charge on any atom is -0.313 e. The summed E-state index contributed by atoms with van der Waals surface area (Å²) in [7, 11) is 0. The van der Waals surface area contributed by atoms with Crippen LogP contribution in [-0.2, 0) is 10.5 Å². The third kappa shape index (κ3) is 2.29. The Morgan fingerprint density at radius 3 is 2.31 bits per heavy atom. The van der Waals surface area contributed by atoms with Crippen LogP contribution in [0.1, 0.15) is 15.9 Å². The molecule has 3 nitrogen and oxygen atoms in total. The molecule has 1 aliphatic rings. The molecule has 0 fully saturated rings. The van der Waals surface area contributed by atoms with Gasteiger partial charge in [0.2, 0.25) is 5.78 Å². The molecule has 1 aromatic heterocycles.